The van der Waals surface area contributed by atoms with Crippen molar-refractivity contribution in [1.82, 2.24) is 19.4 Å². The average molecular weight is 455 g/mol. The summed E-state index contributed by atoms with van der Waals surface area (Å²) < 4.78 is 19.4. The summed E-state index contributed by atoms with van der Waals surface area (Å²) in [6.45, 7) is 4.85. The number of rotatable bonds is 7. The molecule has 0 N–H and O–H groups in total. The Bertz CT molecular complexity index is 1010. The lowest BCUT2D eigenvalue weighted by Gasteiger charge is -2.43. The van der Waals surface area contributed by atoms with Gasteiger partial charge in [-0.1, -0.05) is 0 Å². The molecule has 1 aromatic heterocycles. The second kappa shape index (κ2) is 8.99. The van der Waals surface area contributed by atoms with Crippen molar-refractivity contribution in [2.45, 2.75) is 44.4 Å². The van der Waals surface area contributed by atoms with Gasteiger partial charge >= 0.3 is 0 Å². The summed E-state index contributed by atoms with van der Waals surface area (Å²) in [7, 11) is 5.38. The van der Waals surface area contributed by atoms with Crippen LogP contribution in [0.2, 0.25) is 0 Å². The van der Waals surface area contributed by atoms with E-state index in [1.165, 1.54) is 18.5 Å². The Labute approximate surface area is 195 Å². The van der Waals surface area contributed by atoms with E-state index in [0.29, 0.717) is 36.8 Å². The second-order valence-electron chi connectivity index (χ2n) is 9.57. The highest BCUT2D eigenvalue weighted by atomic mass is 16.5. The van der Waals surface area contributed by atoms with Gasteiger partial charge < -0.3 is 28.6 Å². The van der Waals surface area contributed by atoms with Gasteiger partial charge in [-0.3, -0.25) is 4.79 Å². The van der Waals surface area contributed by atoms with Gasteiger partial charge in [-0.15, -0.1) is 0 Å². The molecule has 1 amide bonds. The Balaban J connectivity index is 1.29. The smallest absolute Gasteiger partial charge is 0.257 e. The maximum Gasteiger partial charge on any atom is 0.257 e. The molecule has 0 atom stereocenters. The molecule has 2 aliphatic heterocycles. The van der Waals surface area contributed by atoms with Crippen LogP contribution in [0.4, 0.5) is 0 Å². The fraction of sp³-hybridized carbons (Fsp3) is 0.600. The van der Waals surface area contributed by atoms with Crippen LogP contribution < -0.4 is 9.47 Å². The zero-order valence-corrected chi connectivity index (χ0v) is 19.9. The number of ether oxygens (including phenoxy) is 3. The first-order valence-corrected chi connectivity index (χ1v) is 11.9. The molecule has 1 saturated carbocycles. The maximum absolute atomic E-state index is 13.3. The van der Waals surface area contributed by atoms with Gasteiger partial charge in [-0.05, 0) is 37.9 Å². The van der Waals surface area contributed by atoms with Crippen LogP contribution in [-0.4, -0.2) is 72.8 Å². The van der Waals surface area contributed by atoms with Crippen LogP contribution in [0.5, 0.6) is 11.5 Å². The summed E-state index contributed by atoms with van der Waals surface area (Å²) in [4.78, 5) is 22.4. The molecule has 5 rings (SSSR count). The summed E-state index contributed by atoms with van der Waals surface area (Å²) in [5, 5.41) is 0. The first kappa shape index (κ1) is 22.2. The highest BCUT2D eigenvalue weighted by Crippen LogP contribution is 2.40. The van der Waals surface area contributed by atoms with E-state index >= 15 is 0 Å². The van der Waals surface area contributed by atoms with Gasteiger partial charge in [0.05, 0.1) is 32.1 Å². The molecular formula is C25H34N4O4. The Hall–Kier alpha value is -2.58. The Morgan fingerprint density at radius 3 is 2.70 bits per heavy atom. The number of benzene rings is 1. The van der Waals surface area contributed by atoms with Crippen LogP contribution in [0.1, 0.15) is 47.6 Å². The van der Waals surface area contributed by atoms with E-state index in [1.807, 2.05) is 11.1 Å². The lowest BCUT2D eigenvalue weighted by atomic mass is 9.88. The van der Waals surface area contributed by atoms with Gasteiger partial charge in [-0.2, -0.15) is 0 Å². The van der Waals surface area contributed by atoms with Crippen molar-refractivity contribution < 1.29 is 19.0 Å². The molecule has 8 nitrogen and oxygen atoms in total. The van der Waals surface area contributed by atoms with Crippen molar-refractivity contribution in [3.63, 3.8) is 0 Å². The number of aromatic nitrogens is 2. The van der Waals surface area contributed by atoms with Crippen LogP contribution in [0.15, 0.2) is 24.4 Å². The van der Waals surface area contributed by atoms with Gasteiger partial charge in [0.25, 0.3) is 5.91 Å². The molecule has 2 fully saturated rings. The van der Waals surface area contributed by atoms with E-state index in [2.05, 4.69) is 16.5 Å². The van der Waals surface area contributed by atoms with Crippen molar-refractivity contribution in [2.75, 3.05) is 47.5 Å². The van der Waals surface area contributed by atoms with E-state index in [-0.39, 0.29) is 5.91 Å². The molecule has 2 aromatic rings. The number of fused-ring (bicyclic) bond motifs is 2. The molecule has 178 valence electrons. The summed E-state index contributed by atoms with van der Waals surface area (Å²) >= 11 is 0. The predicted molar refractivity (Wildman–Crippen MR) is 124 cm³/mol. The standard InChI is InChI=1S/C25H34N4O4/c1-27(16-18-4-5-18)17-19-15-26-24-25(33-13-12-29(19)24)8-10-28(11-9-25)23(30)21-7-6-20(31-2)14-22(21)32-3/h6-7,14-15,18H,4-5,8-13,16-17H2,1-3H3. The molecule has 0 unspecified atom stereocenters. The molecule has 3 heterocycles. The van der Waals surface area contributed by atoms with Gasteiger partial charge in [0, 0.05) is 57.8 Å². The molecular weight excluding hydrogens is 420 g/mol. The van der Waals surface area contributed by atoms with Crippen LogP contribution in [0.3, 0.4) is 0 Å². The number of likely N-dealkylation sites (tertiary alicyclic amines) is 1. The molecule has 0 radical (unpaired) electrons. The monoisotopic (exact) mass is 454 g/mol. The molecule has 1 spiro atoms. The van der Waals surface area contributed by atoms with Gasteiger partial charge in [0.2, 0.25) is 0 Å². The molecule has 33 heavy (non-hydrogen) atoms. The average Bonchev–Trinajstić information content (AvgIpc) is 3.56. The van der Waals surface area contributed by atoms with Crippen molar-refractivity contribution in [2.24, 2.45) is 5.92 Å². The lowest BCUT2D eigenvalue weighted by Crippen LogP contribution is -2.50. The molecule has 1 aromatic carbocycles. The molecule has 0 bridgehead atoms. The number of hydrogen-bond acceptors (Lipinski definition) is 6. The van der Waals surface area contributed by atoms with Crippen molar-refractivity contribution >= 4 is 5.91 Å². The molecule has 1 saturated heterocycles. The van der Waals surface area contributed by atoms with Crippen molar-refractivity contribution in [3.8, 4) is 11.5 Å². The van der Waals surface area contributed by atoms with Crippen molar-refractivity contribution in [3.05, 3.63) is 41.5 Å². The number of carbonyl (C=O) groups is 1. The third-order valence-corrected chi connectivity index (χ3v) is 7.24. The van der Waals surface area contributed by atoms with E-state index in [1.54, 1.807) is 32.4 Å². The minimum absolute atomic E-state index is 0.0223. The number of carbonyl (C=O) groups excluding carboxylic acids is 1. The fourth-order valence-electron chi connectivity index (χ4n) is 5.21. The minimum atomic E-state index is -0.410. The number of methoxy groups -OCH3 is 2. The normalized spacial score (nSPS) is 19.6. The van der Waals surface area contributed by atoms with Crippen LogP contribution in [-0.2, 0) is 23.4 Å². The van der Waals surface area contributed by atoms with E-state index < -0.39 is 5.60 Å². The zero-order chi connectivity index (χ0) is 23.0. The van der Waals surface area contributed by atoms with Crippen LogP contribution >= 0.6 is 0 Å². The van der Waals surface area contributed by atoms with E-state index in [0.717, 1.165) is 44.2 Å². The number of amides is 1. The Kier molecular flexibility index (Phi) is 6.05. The maximum atomic E-state index is 13.3. The predicted octanol–water partition coefficient (Wildman–Crippen LogP) is 2.90. The largest absolute Gasteiger partial charge is 0.497 e. The Morgan fingerprint density at radius 2 is 2.00 bits per heavy atom. The second-order valence-corrected chi connectivity index (χ2v) is 9.57. The van der Waals surface area contributed by atoms with E-state index in [9.17, 15) is 4.79 Å². The lowest BCUT2D eigenvalue weighted by molar-refractivity contribution is -0.112. The summed E-state index contributed by atoms with van der Waals surface area (Å²) in [5.41, 5.74) is 1.41. The summed E-state index contributed by atoms with van der Waals surface area (Å²) in [5.74, 6) is 3.08. The van der Waals surface area contributed by atoms with Crippen LogP contribution in [0, 0.1) is 5.92 Å². The van der Waals surface area contributed by atoms with Crippen LogP contribution in [0.25, 0.3) is 0 Å². The number of nitrogens with zero attached hydrogens (tertiary/aromatic N) is 4. The fourth-order valence-corrected chi connectivity index (χ4v) is 5.21. The molecule has 3 aliphatic rings. The molecule has 1 aliphatic carbocycles. The minimum Gasteiger partial charge on any atom is -0.497 e. The number of imidazole rings is 1. The highest BCUT2D eigenvalue weighted by Gasteiger charge is 2.44. The van der Waals surface area contributed by atoms with Crippen molar-refractivity contribution in [1.29, 1.82) is 0 Å². The number of piperidine rings is 1. The van der Waals surface area contributed by atoms with E-state index in [4.69, 9.17) is 19.2 Å². The third-order valence-electron chi connectivity index (χ3n) is 7.24. The first-order chi connectivity index (χ1) is 16.0. The zero-order valence-electron chi connectivity index (χ0n) is 19.9. The molecule has 8 heteroatoms. The highest BCUT2D eigenvalue weighted by molar-refractivity contribution is 5.97. The Morgan fingerprint density at radius 1 is 1.21 bits per heavy atom. The van der Waals surface area contributed by atoms with Gasteiger partial charge in [0.1, 0.15) is 22.9 Å². The number of hydrogen-bond donors (Lipinski definition) is 0. The SMILES string of the molecule is COc1ccc(C(=O)N2CCC3(CC2)OCCn2c(CN(C)CC4CC4)cnc23)c(OC)c1. The van der Waals surface area contributed by atoms with Gasteiger partial charge in [0.15, 0.2) is 0 Å². The topological polar surface area (TPSA) is 69.1 Å². The van der Waals surface area contributed by atoms with Gasteiger partial charge in [-0.25, -0.2) is 4.98 Å². The third kappa shape index (κ3) is 4.34. The summed E-state index contributed by atoms with van der Waals surface area (Å²) in [6.07, 6.45) is 6.24. The first-order valence-electron chi connectivity index (χ1n) is 11.9. The quantitative estimate of drug-likeness (QED) is 0.641. The summed E-state index contributed by atoms with van der Waals surface area (Å²) in [6, 6.07) is 5.32.